The molecule has 0 amide bonds. The SMILES string of the molecule is CC(O)(C#CSI)c1ccc(Cl)cn1. The lowest BCUT2D eigenvalue weighted by atomic mass is 10.0. The highest BCUT2D eigenvalue weighted by Crippen LogP contribution is 2.20. The van der Waals surface area contributed by atoms with E-state index in [1.807, 2.05) is 21.2 Å². The third kappa shape index (κ3) is 3.31. The first kappa shape index (κ1) is 12.1. The predicted octanol–water partition coefficient (Wildman–Crippen LogP) is 2.99. The molecular formula is C9H7ClINOS. The zero-order valence-electron chi connectivity index (χ0n) is 7.29. The molecule has 0 bridgehead atoms. The second-order valence-corrected chi connectivity index (χ2v) is 4.85. The molecule has 0 saturated heterocycles. The van der Waals surface area contributed by atoms with Gasteiger partial charge in [-0.1, -0.05) is 11.6 Å². The number of aromatic nitrogens is 1. The first-order valence-electron chi connectivity index (χ1n) is 3.70. The van der Waals surface area contributed by atoms with Crippen molar-refractivity contribution in [2.45, 2.75) is 12.5 Å². The highest BCUT2D eigenvalue weighted by Gasteiger charge is 2.21. The minimum absolute atomic E-state index is 0.500. The number of rotatable bonds is 1. The van der Waals surface area contributed by atoms with Gasteiger partial charge in [-0.05, 0) is 39.2 Å². The minimum atomic E-state index is -1.22. The molecule has 0 aliphatic carbocycles. The maximum Gasteiger partial charge on any atom is 0.165 e. The Kier molecular flexibility index (Phi) is 4.51. The van der Waals surface area contributed by atoms with Gasteiger partial charge in [-0.15, -0.1) is 0 Å². The average Bonchev–Trinajstić information content (AvgIpc) is 2.16. The number of aliphatic hydroxyl groups is 1. The quantitative estimate of drug-likeness (QED) is 0.631. The van der Waals surface area contributed by atoms with E-state index in [2.05, 4.69) is 16.2 Å². The summed E-state index contributed by atoms with van der Waals surface area (Å²) in [6.07, 6.45) is 1.49. The van der Waals surface area contributed by atoms with Gasteiger partial charge in [0.15, 0.2) is 5.60 Å². The highest BCUT2D eigenvalue weighted by molar-refractivity contribution is 14.2. The van der Waals surface area contributed by atoms with Gasteiger partial charge in [0.05, 0.1) is 10.7 Å². The summed E-state index contributed by atoms with van der Waals surface area (Å²) in [5.41, 5.74) is -0.720. The summed E-state index contributed by atoms with van der Waals surface area (Å²) in [6.45, 7) is 1.60. The van der Waals surface area contributed by atoms with Crippen molar-refractivity contribution in [3.8, 4) is 11.2 Å². The summed E-state index contributed by atoms with van der Waals surface area (Å²) in [5.74, 6) is 2.70. The third-order valence-electron chi connectivity index (χ3n) is 1.56. The molecule has 0 saturated carbocycles. The van der Waals surface area contributed by atoms with E-state index in [0.29, 0.717) is 10.7 Å². The molecule has 1 rings (SSSR count). The van der Waals surface area contributed by atoms with Crippen LogP contribution in [0.1, 0.15) is 12.6 Å². The van der Waals surface area contributed by atoms with Crippen molar-refractivity contribution in [2.24, 2.45) is 0 Å². The van der Waals surface area contributed by atoms with E-state index < -0.39 is 5.60 Å². The largest absolute Gasteiger partial charge is 0.372 e. The summed E-state index contributed by atoms with van der Waals surface area (Å²) in [7, 11) is 1.32. The number of halogens is 2. The number of pyridine rings is 1. The normalized spacial score (nSPS) is 14.0. The molecule has 0 aliphatic rings. The molecule has 0 aliphatic heterocycles. The van der Waals surface area contributed by atoms with Crippen LogP contribution in [0.4, 0.5) is 0 Å². The molecule has 1 atom stereocenters. The van der Waals surface area contributed by atoms with Gasteiger partial charge in [0.2, 0.25) is 0 Å². The first-order valence-corrected chi connectivity index (χ1v) is 7.44. The fraction of sp³-hybridized carbons (Fsp3) is 0.222. The van der Waals surface area contributed by atoms with Crippen LogP contribution in [0, 0.1) is 11.2 Å². The van der Waals surface area contributed by atoms with Gasteiger partial charge in [0.1, 0.15) is 0 Å². The van der Waals surface area contributed by atoms with Crippen LogP contribution in [0.2, 0.25) is 5.02 Å². The van der Waals surface area contributed by atoms with Crippen LogP contribution in [0.15, 0.2) is 18.3 Å². The predicted molar refractivity (Wildman–Crippen MR) is 68.2 cm³/mol. The maximum atomic E-state index is 9.91. The molecule has 0 aromatic carbocycles. The number of hydrogen-bond acceptors (Lipinski definition) is 3. The number of nitrogens with zero attached hydrogens (tertiary/aromatic N) is 1. The van der Waals surface area contributed by atoms with E-state index in [4.69, 9.17) is 11.6 Å². The molecule has 74 valence electrons. The molecule has 1 unspecified atom stereocenters. The van der Waals surface area contributed by atoms with E-state index >= 15 is 0 Å². The molecule has 5 heteroatoms. The van der Waals surface area contributed by atoms with Crippen molar-refractivity contribution in [3.05, 3.63) is 29.0 Å². The van der Waals surface area contributed by atoms with Crippen molar-refractivity contribution in [2.75, 3.05) is 0 Å². The maximum absolute atomic E-state index is 9.91. The average molecular weight is 340 g/mol. The van der Waals surface area contributed by atoms with Crippen LogP contribution in [0.5, 0.6) is 0 Å². The lowest BCUT2D eigenvalue weighted by Crippen LogP contribution is -2.19. The second-order valence-electron chi connectivity index (χ2n) is 2.74. The van der Waals surface area contributed by atoms with Crippen LogP contribution in [0.3, 0.4) is 0 Å². The molecule has 1 aromatic heterocycles. The molecule has 0 radical (unpaired) electrons. The summed E-state index contributed by atoms with van der Waals surface area (Å²) in [4.78, 5) is 4.01. The van der Waals surface area contributed by atoms with Crippen molar-refractivity contribution in [1.29, 1.82) is 0 Å². The standard InChI is InChI=1S/C9H7ClINOS/c1-9(13,4-5-14-11)8-3-2-7(10)6-12-8/h2-3,6,13H,1H3. The third-order valence-corrected chi connectivity index (χ3v) is 2.62. The van der Waals surface area contributed by atoms with Crippen molar-refractivity contribution in [1.82, 2.24) is 4.98 Å². The van der Waals surface area contributed by atoms with Crippen LogP contribution < -0.4 is 0 Å². The van der Waals surface area contributed by atoms with E-state index in [-0.39, 0.29) is 0 Å². The summed E-state index contributed by atoms with van der Waals surface area (Å²) < 4.78 is 0. The Bertz CT molecular complexity index is 369. The summed E-state index contributed by atoms with van der Waals surface area (Å²) in [5, 5.41) is 13.2. The second kappa shape index (κ2) is 5.21. The molecule has 0 fully saturated rings. The van der Waals surface area contributed by atoms with Crippen molar-refractivity contribution in [3.63, 3.8) is 0 Å². The van der Waals surface area contributed by atoms with Crippen LogP contribution in [-0.2, 0) is 5.60 Å². The minimum Gasteiger partial charge on any atom is -0.372 e. The van der Waals surface area contributed by atoms with Gasteiger partial charge >= 0.3 is 0 Å². The van der Waals surface area contributed by atoms with Gasteiger partial charge in [-0.25, -0.2) is 0 Å². The first-order chi connectivity index (χ1) is 6.56. The highest BCUT2D eigenvalue weighted by atomic mass is 127. The lowest BCUT2D eigenvalue weighted by molar-refractivity contribution is 0.117. The Hall–Kier alpha value is 0.0400. The van der Waals surface area contributed by atoms with E-state index in [1.165, 1.54) is 15.1 Å². The Morgan fingerprint density at radius 1 is 1.64 bits per heavy atom. The van der Waals surface area contributed by atoms with Crippen molar-refractivity contribution >= 4 is 41.7 Å². The monoisotopic (exact) mass is 339 g/mol. The fourth-order valence-electron chi connectivity index (χ4n) is 0.846. The van der Waals surface area contributed by atoms with Crippen LogP contribution in [0.25, 0.3) is 0 Å². The molecule has 1 aromatic rings. The zero-order valence-corrected chi connectivity index (χ0v) is 11.0. The molecular weight excluding hydrogens is 333 g/mol. The fourth-order valence-corrected chi connectivity index (χ4v) is 1.53. The smallest absolute Gasteiger partial charge is 0.165 e. The van der Waals surface area contributed by atoms with E-state index in [0.717, 1.165) is 0 Å². The Morgan fingerprint density at radius 2 is 2.36 bits per heavy atom. The van der Waals surface area contributed by atoms with Gasteiger partial charge in [-0.2, -0.15) is 0 Å². The lowest BCUT2D eigenvalue weighted by Gasteiger charge is -2.14. The summed E-state index contributed by atoms with van der Waals surface area (Å²) in [6, 6.07) is 3.34. The van der Waals surface area contributed by atoms with Crippen LogP contribution >= 0.6 is 41.7 Å². The molecule has 2 nitrogen and oxygen atoms in total. The topological polar surface area (TPSA) is 33.1 Å². The van der Waals surface area contributed by atoms with E-state index in [1.54, 1.807) is 19.1 Å². The van der Waals surface area contributed by atoms with Gasteiger partial charge in [0.25, 0.3) is 0 Å². The van der Waals surface area contributed by atoms with Gasteiger partial charge in [-0.3, -0.25) is 4.98 Å². The van der Waals surface area contributed by atoms with Crippen LogP contribution in [-0.4, -0.2) is 10.1 Å². The molecule has 1 N–H and O–H groups in total. The zero-order chi connectivity index (χ0) is 10.6. The Labute approximate surface area is 104 Å². The molecule has 14 heavy (non-hydrogen) atoms. The van der Waals surface area contributed by atoms with Gasteiger partial charge in [0, 0.05) is 27.4 Å². The van der Waals surface area contributed by atoms with Crippen molar-refractivity contribution < 1.29 is 5.11 Å². The number of hydrogen-bond donors (Lipinski definition) is 1. The Morgan fingerprint density at radius 3 is 2.86 bits per heavy atom. The molecule has 1 heterocycles. The molecule has 0 spiro atoms. The Balaban J connectivity index is 2.97. The van der Waals surface area contributed by atoms with Gasteiger partial charge < -0.3 is 5.11 Å². The van der Waals surface area contributed by atoms with E-state index in [9.17, 15) is 5.11 Å². The summed E-state index contributed by atoms with van der Waals surface area (Å²) >= 11 is 7.72.